The van der Waals surface area contributed by atoms with Crippen molar-refractivity contribution in [2.45, 2.75) is 43.3 Å². The minimum Gasteiger partial charge on any atom is -0.369 e. The number of benzene rings is 1. The second-order valence-corrected chi connectivity index (χ2v) is 10.4. The van der Waals surface area contributed by atoms with E-state index in [1.807, 2.05) is 17.4 Å². The fraction of sp³-hybridized carbons (Fsp3) is 0.318. The van der Waals surface area contributed by atoms with Gasteiger partial charge in [-0.15, -0.1) is 34.4 Å². The molecule has 0 saturated carbocycles. The van der Waals surface area contributed by atoms with Gasteiger partial charge in [-0.25, -0.2) is 15.0 Å². The normalized spacial score (nSPS) is 13.1. The highest BCUT2D eigenvalue weighted by Crippen LogP contribution is 2.40. The third-order valence-electron chi connectivity index (χ3n) is 5.06. The topological polar surface area (TPSA) is 50.7 Å². The van der Waals surface area contributed by atoms with Crippen molar-refractivity contribution in [3.63, 3.8) is 0 Å². The quantitative estimate of drug-likeness (QED) is 0.365. The van der Waals surface area contributed by atoms with Crippen molar-refractivity contribution in [3.05, 3.63) is 62.7 Å². The molecule has 1 N–H and O–H groups in total. The van der Waals surface area contributed by atoms with E-state index < -0.39 is 0 Å². The van der Waals surface area contributed by atoms with E-state index in [9.17, 15) is 0 Å². The van der Waals surface area contributed by atoms with Crippen LogP contribution in [0.5, 0.6) is 0 Å². The van der Waals surface area contributed by atoms with E-state index >= 15 is 0 Å². The zero-order valence-electron chi connectivity index (χ0n) is 16.3. The van der Waals surface area contributed by atoms with Crippen LogP contribution in [0.3, 0.4) is 0 Å². The summed E-state index contributed by atoms with van der Waals surface area (Å²) in [6.07, 6.45) is 4.50. The molecule has 0 atom stereocenters. The maximum absolute atomic E-state index is 4.95. The lowest BCUT2D eigenvalue weighted by Gasteiger charge is -2.10. The lowest BCUT2D eigenvalue weighted by Crippen LogP contribution is -2.09. The van der Waals surface area contributed by atoms with Crippen molar-refractivity contribution in [1.82, 2.24) is 15.0 Å². The molecule has 0 amide bonds. The summed E-state index contributed by atoms with van der Waals surface area (Å²) in [7, 11) is 0. The lowest BCUT2D eigenvalue weighted by atomic mass is 10.2. The molecule has 29 heavy (non-hydrogen) atoms. The van der Waals surface area contributed by atoms with Gasteiger partial charge in [-0.3, -0.25) is 0 Å². The third kappa shape index (κ3) is 4.17. The standard InChI is InChI=1S/C22H22N4S3/c1-14-24-15(12-27-14)10-11-23-21-20-17-8-5-9-18(17)29-22(20)26-19(25-21)13-28-16-6-3-2-4-7-16/h2-4,6-7,12H,5,8-11,13H2,1H3,(H,23,25,26). The van der Waals surface area contributed by atoms with E-state index in [1.165, 1.54) is 33.6 Å². The zero-order valence-corrected chi connectivity index (χ0v) is 18.7. The van der Waals surface area contributed by atoms with Gasteiger partial charge in [0, 0.05) is 28.1 Å². The van der Waals surface area contributed by atoms with Gasteiger partial charge in [-0.05, 0) is 43.9 Å². The summed E-state index contributed by atoms with van der Waals surface area (Å²) in [5.74, 6) is 2.69. The van der Waals surface area contributed by atoms with Crippen molar-refractivity contribution in [1.29, 1.82) is 0 Å². The van der Waals surface area contributed by atoms with Gasteiger partial charge >= 0.3 is 0 Å². The van der Waals surface area contributed by atoms with Crippen molar-refractivity contribution in [2.24, 2.45) is 0 Å². The van der Waals surface area contributed by atoms with E-state index in [-0.39, 0.29) is 0 Å². The molecule has 0 aliphatic heterocycles. The molecule has 4 aromatic rings. The summed E-state index contributed by atoms with van der Waals surface area (Å²) >= 11 is 5.36. The molecule has 7 heteroatoms. The molecular formula is C22H22N4S3. The molecule has 0 spiro atoms. The summed E-state index contributed by atoms with van der Waals surface area (Å²) in [6, 6.07) is 10.5. The first-order valence-electron chi connectivity index (χ1n) is 9.90. The highest BCUT2D eigenvalue weighted by molar-refractivity contribution is 7.98. The number of thiazole rings is 1. The number of hydrogen-bond acceptors (Lipinski definition) is 7. The van der Waals surface area contributed by atoms with Crippen LogP contribution in [0.1, 0.15) is 33.4 Å². The van der Waals surface area contributed by atoms with Gasteiger partial charge in [0.05, 0.1) is 21.8 Å². The summed E-state index contributed by atoms with van der Waals surface area (Å²) in [6.45, 7) is 2.89. The SMILES string of the molecule is Cc1nc(CCNc2nc(CSc3ccccc3)nc3sc4c(c23)CCC4)cs1. The molecule has 0 bridgehead atoms. The fourth-order valence-electron chi connectivity index (χ4n) is 3.73. The Balaban J connectivity index is 1.40. The van der Waals surface area contributed by atoms with E-state index in [0.29, 0.717) is 0 Å². The van der Waals surface area contributed by atoms with Crippen LogP contribution in [0.25, 0.3) is 10.2 Å². The Morgan fingerprint density at radius 3 is 2.83 bits per heavy atom. The van der Waals surface area contributed by atoms with Gasteiger partial charge in [0.15, 0.2) is 0 Å². The fourth-order valence-corrected chi connectivity index (χ4v) is 6.43. The lowest BCUT2D eigenvalue weighted by molar-refractivity contribution is 0.915. The van der Waals surface area contributed by atoms with Gasteiger partial charge in [-0.1, -0.05) is 18.2 Å². The summed E-state index contributed by atoms with van der Waals surface area (Å²) in [5, 5.41) is 8.14. The molecule has 3 heterocycles. The van der Waals surface area contributed by atoms with Gasteiger partial charge < -0.3 is 5.32 Å². The van der Waals surface area contributed by atoms with Gasteiger partial charge in [-0.2, -0.15) is 0 Å². The first-order chi connectivity index (χ1) is 14.3. The molecule has 1 aromatic carbocycles. The number of aryl methyl sites for hydroxylation is 3. The van der Waals surface area contributed by atoms with Crippen LogP contribution in [-0.2, 0) is 25.0 Å². The molecule has 1 aliphatic rings. The molecule has 0 saturated heterocycles. The highest BCUT2D eigenvalue weighted by atomic mass is 32.2. The van der Waals surface area contributed by atoms with E-state index in [0.717, 1.165) is 52.3 Å². The van der Waals surface area contributed by atoms with Crippen molar-refractivity contribution < 1.29 is 0 Å². The molecule has 4 nitrogen and oxygen atoms in total. The second kappa shape index (κ2) is 8.42. The van der Waals surface area contributed by atoms with E-state index in [4.69, 9.17) is 9.97 Å². The molecule has 148 valence electrons. The molecule has 0 unspecified atom stereocenters. The van der Waals surface area contributed by atoms with E-state index in [1.54, 1.807) is 23.1 Å². The number of hydrogen-bond donors (Lipinski definition) is 1. The average molecular weight is 439 g/mol. The van der Waals surface area contributed by atoms with Crippen LogP contribution in [-0.4, -0.2) is 21.5 Å². The number of aromatic nitrogens is 3. The van der Waals surface area contributed by atoms with Gasteiger partial charge in [0.25, 0.3) is 0 Å². The third-order valence-corrected chi connectivity index (χ3v) is 8.08. The monoisotopic (exact) mass is 438 g/mol. The maximum Gasteiger partial charge on any atom is 0.142 e. The Morgan fingerprint density at radius 2 is 2.00 bits per heavy atom. The smallest absolute Gasteiger partial charge is 0.142 e. The molecule has 1 aliphatic carbocycles. The minimum atomic E-state index is 0.780. The largest absolute Gasteiger partial charge is 0.369 e. The predicted molar refractivity (Wildman–Crippen MR) is 124 cm³/mol. The number of nitrogens with zero attached hydrogens (tertiary/aromatic N) is 3. The van der Waals surface area contributed by atoms with Crippen molar-refractivity contribution in [3.8, 4) is 0 Å². The van der Waals surface area contributed by atoms with Crippen LogP contribution >= 0.6 is 34.4 Å². The Hall–Kier alpha value is -1.96. The Morgan fingerprint density at radius 1 is 1.10 bits per heavy atom. The van der Waals surface area contributed by atoms with Crippen LogP contribution in [0.2, 0.25) is 0 Å². The molecular weight excluding hydrogens is 416 g/mol. The molecule has 5 rings (SSSR count). The van der Waals surface area contributed by atoms with Crippen LogP contribution in [0.15, 0.2) is 40.6 Å². The van der Waals surface area contributed by atoms with Crippen LogP contribution in [0.4, 0.5) is 5.82 Å². The summed E-state index contributed by atoms with van der Waals surface area (Å²) in [4.78, 5) is 18.3. The molecule has 3 aromatic heterocycles. The maximum atomic E-state index is 4.95. The average Bonchev–Trinajstić information content (AvgIpc) is 3.43. The van der Waals surface area contributed by atoms with E-state index in [2.05, 4.69) is 46.9 Å². The minimum absolute atomic E-state index is 0.780. The van der Waals surface area contributed by atoms with Crippen LogP contribution < -0.4 is 5.32 Å². The van der Waals surface area contributed by atoms with Crippen molar-refractivity contribution >= 4 is 50.5 Å². The van der Waals surface area contributed by atoms with Gasteiger partial charge in [0.1, 0.15) is 16.5 Å². The Bertz CT molecular complexity index is 1130. The van der Waals surface area contributed by atoms with Gasteiger partial charge in [0.2, 0.25) is 0 Å². The Labute approximate surface area is 182 Å². The first kappa shape index (κ1) is 19.0. The van der Waals surface area contributed by atoms with Crippen LogP contribution in [0, 0.1) is 6.92 Å². The predicted octanol–water partition coefficient (Wildman–Crippen LogP) is 5.89. The number of thioether (sulfide) groups is 1. The number of thiophene rings is 1. The number of fused-ring (bicyclic) bond motifs is 3. The number of nitrogens with one attached hydrogen (secondary N) is 1. The van der Waals surface area contributed by atoms with Crippen molar-refractivity contribution in [2.75, 3.05) is 11.9 Å². The highest BCUT2D eigenvalue weighted by Gasteiger charge is 2.22. The molecule has 0 radical (unpaired) electrons. The number of rotatable bonds is 7. The summed E-state index contributed by atoms with van der Waals surface area (Å²) in [5.41, 5.74) is 2.62. The number of anilines is 1. The summed E-state index contributed by atoms with van der Waals surface area (Å²) < 4.78 is 0. The second-order valence-electron chi connectivity index (χ2n) is 7.16. The zero-order chi connectivity index (χ0) is 19.6. The Kier molecular flexibility index (Phi) is 5.52. The first-order valence-corrected chi connectivity index (χ1v) is 12.6. The molecule has 0 fully saturated rings.